The average Bonchev–Trinajstić information content (AvgIpc) is 3.15. The molecule has 3 aromatic rings. The molecule has 6 nitrogen and oxygen atoms in total. The zero-order valence-corrected chi connectivity index (χ0v) is 15.4. The van der Waals surface area contributed by atoms with Crippen LogP contribution < -0.4 is 14.8 Å². The van der Waals surface area contributed by atoms with Crippen LogP contribution in [0.4, 0.5) is 0 Å². The Hall–Kier alpha value is -2.93. The lowest BCUT2D eigenvalue weighted by Gasteiger charge is -2.11. The molecule has 0 saturated carbocycles. The number of hydrogen-bond acceptors (Lipinski definition) is 6. The highest BCUT2D eigenvalue weighted by Gasteiger charge is 2.11. The van der Waals surface area contributed by atoms with Crippen molar-refractivity contribution in [3.63, 3.8) is 0 Å². The molecule has 0 bridgehead atoms. The summed E-state index contributed by atoms with van der Waals surface area (Å²) in [5, 5.41) is 5.59. The first kappa shape index (κ1) is 17.9. The van der Waals surface area contributed by atoms with E-state index in [-0.39, 0.29) is 12.3 Å². The van der Waals surface area contributed by atoms with Crippen molar-refractivity contribution in [2.75, 3.05) is 14.2 Å². The molecule has 0 atom stereocenters. The maximum Gasteiger partial charge on any atom is 0.226 e. The molecule has 0 aliphatic carbocycles. The first-order chi connectivity index (χ1) is 12.7. The molecule has 1 amide bonds. The van der Waals surface area contributed by atoms with E-state index in [4.69, 9.17) is 9.47 Å². The first-order valence-electron chi connectivity index (χ1n) is 8.03. The number of hydrogen-bond donors (Lipinski definition) is 1. The van der Waals surface area contributed by atoms with Gasteiger partial charge in [-0.15, -0.1) is 11.3 Å². The van der Waals surface area contributed by atoms with Crippen LogP contribution in [-0.2, 0) is 17.8 Å². The fourth-order valence-electron chi connectivity index (χ4n) is 2.41. The van der Waals surface area contributed by atoms with Crippen molar-refractivity contribution in [3.05, 3.63) is 59.2 Å². The van der Waals surface area contributed by atoms with Gasteiger partial charge in [-0.05, 0) is 24.3 Å². The van der Waals surface area contributed by atoms with Crippen LogP contribution in [0.2, 0.25) is 0 Å². The Labute approximate surface area is 155 Å². The topological polar surface area (TPSA) is 73.3 Å². The highest BCUT2D eigenvalue weighted by molar-refractivity contribution is 7.13. The van der Waals surface area contributed by atoms with Crippen LogP contribution in [0.1, 0.15) is 11.3 Å². The SMILES string of the molecule is COc1ccc(CNC(=O)Cc2csc(-c3ccccn3)n2)c(OC)c1. The summed E-state index contributed by atoms with van der Waals surface area (Å²) in [5.41, 5.74) is 2.43. The van der Waals surface area contributed by atoms with E-state index in [9.17, 15) is 4.79 Å². The molecule has 2 aromatic heterocycles. The van der Waals surface area contributed by atoms with Crippen LogP contribution in [0.15, 0.2) is 48.0 Å². The fourth-order valence-corrected chi connectivity index (χ4v) is 3.21. The molecule has 0 saturated heterocycles. The van der Waals surface area contributed by atoms with Gasteiger partial charge in [0.2, 0.25) is 5.91 Å². The second kappa shape index (κ2) is 8.44. The number of carbonyl (C=O) groups excluding carboxylic acids is 1. The number of pyridine rings is 1. The van der Waals surface area contributed by atoms with Crippen molar-refractivity contribution in [2.45, 2.75) is 13.0 Å². The number of amides is 1. The summed E-state index contributed by atoms with van der Waals surface area (Å²) in [6.45, 7) is 0.378. The third-order valence-electron chi connectivity index (χ3n) is 3.75. The molecular formula is C19H19N3O3S. The van der Waals surface area contributed by atoms with Crippen molar-refractivity contribution in [1.82, 2.24) is 15.3 Å². The normalized spacial score (nSPS) is 10.4. The van der Waals surface area contributed by atoms with Gasteiger partial charge in [0.1, 0.15) is 16.5 Å². The van der Waals surface area contributed by atoms with E-state index in [1.165, 1.54) is 11.3 Å². The van der Waals surface area contributed by atoms with Crippen LogP contribution in [0.25, 0.3) is 10.7 Å². The van der Waals surface area contributed by atoms with Gasteiger partial charge in [0.05, 0.1) is 32.0 Å². The molecule has 2 heterocycles. The number of aromatic nitrogens is 2. The number of rotatable bonds is 7. The predicted molar refractivity (Wildman–Crippen MR) is 100 cm³/mol. The van der Waals surface area contributed by atoms with E-state index in [1.807, 2.05) is 35.7 Å². The quantitative estimate of drug-likeness (QED) is 0.693. The largest absolute Gasteiger partial charge is 0.497 e. The Kier molecular flexibility index (Phi) is 5.80. The van der Waals surface area contributed by atoms with Crippen molar-refractivity contribution < 1.29 is 14.3 Å². The Morgan fingerprint density at radius 1 is 1.19 bits per heavy atom. The summed E-state index contributed by atoms with van der Waals surface area (Å²) < 4.78 is 10.5. The molecule has 3 rings (SSSR count). The number of nitrogens with zero attached hydrogens (tertiary/aromatic N) is 2. The maximum absolute atomic E-state index is 12.2. The van der Waals surface area contributed by atoms with Gasteiger partial charge in [-0.3, -0.25) is 9.78 Å². The van der Waals surface area contributed by atoms with E-state index in [2.05, 4.69) is 15.3 Å². The zero-order valence-electron chi connectivity index (χ0n) is 14.6. The summed E-state index contributed by atoms with van der Waals surface area (Å²) in [5.74, 6) is 1.29. The second-order valence-corrected chi connectivity index (χ2v) is 6.35. The highest BCUT2D eigenvalue weighted by Crippen LogP contribution is 2.24. The molecule has 0 aliphatic rings. The monoisotopic (exact) mass is 369 g/mol. The molecule has 134 valence electrons. The van der Waals surface area contributed by atoms with Gasteiger partial charge in [-0.1, -0.05) is 6.07 Å². The van der Waals surface area contributed by atoms with Crippen LogP contribution in [0, 0.1) is 0 Å². The predicted octanol–water partition coefficient (Wildman–Crippen LogP) is 3.08. The number of benzene rings is 1. The van der Waals surface area contributed by atoms with Crippen molar-refractivity contribution in [1.29, 1.82) is 0 Å². The molecular weight excluding hydrogens is 350 g/mol. The van der Waals surface area contributed by atoms with Gasteiger partial charge in [-0.25, -0.2) is 4.98 Å². The Morgan fingerprint density at radius 3 is 2.81 bits per heavy atom. The highest BCUT2D eigenvalue weighted by atomic mass is 32.1. The lowest BCUT2D eigenvalue weighted by Crippen LogP contribution is -2.24. The van der Waals surface area contributed by atoms with Gasteiger partial charge in [0, 0.05) is 29.8 Å². The molecule has 7 heteroatoms. The van der Waals surface area contributed by atoms with E-state index >= 15 is 0 Å². The standard InChI is InChI=1S/C19H19N3O3S/c1-24-15-7-6-13(17(10-15)25-2)11-21-18(23)9-14-12-26-19(22-14)16-5-3-4-8-20-16/h3-8,10,12H,9,11H2,1-2H3,(H,21,23). The van der Waals surface area contributed by atoms with Gasteiger partial charge in [0.15, 0.2) is 0 Å². The molecule has 0 fully saturated rings. The minimum absolute atomic E-state index is 0.0965. The second-order valence-electron chi connectivity index (χ2n) is 5.49. The molecule has 0 unspecified atom stereocenters. The maximum atomic E-state index is 12.2. The molecule has 1 N–H and O–H groups in total. The number of methoxy groups -OCH3 is 2. The van der Waals surface area contributed by atoms with E-state index in [1.54, 1.807) is 26.5 Å². The zero-order chi connectivity index (χ0) is 18.4. The van der Waals surface area contributed by atoms with Crippen molar-refractivity contribution in [3.8, 4) is 22.2 Å². The summed E-state index contributed by atoms with van der Waals surface area (Å²) >= 11 is 1.48. The van der Waals surface area contributed by atoms with Crippen LogP contribution >= 0.6 is 11.3 Å². The van der Waals surface area contributed by atoms with Gasteiger partial charge >= 0.3 is 0 Å². The van der Waals surface area contributed by atoms with E-state index in [0.29, 0.717) is 18.0 Å². The van der Waals surface area contributed by atoms with Crippen LogP contribution in [-0.4, -0.2) is 30.1 Å². The van der Waals surface area contributed by atoms with Gasteiger partial charge in [0.25, 0.3) is 0 Å². The number of nitrogens with one attached hydrogen (secondary N) is 1. The number of ether oxygens (including phenoxy) is 2. The van der Waals surface area contributed by atoms with Gasteiger partial charge < -0.3 is 14.8 Å². The van der Waals surface area contributed by atoms with Crippen molar-refractivity contribution in [2.24, 2.45) is 0 Å². The summed E-state index contributed by atoms with van der Waals surface area (Å²) in [6.07, 6.45) is 1.95. The summed E-state index contributed by atoms with van der Waals surface area (Å²) in [4.78, 5) is 21.0. The lowest BCUT2D eigenvalue weighted by molar-refractivity contribution is -0.120. The van der Waals surface area contributed by atoms with Crippen molar-refractivity contribution >= 4 is 17.2 Å². The summed E-state index contributed by atoms with van der Waals surface area (Å²) in [6, 6.07) is 11.2. The Morgan fingerprint density at radius 2 is 2.08 bits per heavy atom. The molecule has 1 aromatic carbocycles. The Balaban J connectivity index is 1.59. The number of carbonyl (C=O) groups is 1. The van der Waals surface area contributed by atoms with E-state index in [0.717, 1.165) is 22.0 Å². The third kappa shape index (κ3) is 4.37. The minimum atomic E-state index is -0.0965. The first-order valence-corrected chi connectivity index (χ1v) is 8.91. The molecule has 26 heavy (non-hydrogen) atoms. The fraction of sp³-hybridized carbons (Fsp3) is 0.211. The van der Waals surface area contributed by atoms with Crippen LogP contribution in [0.3, 0.4) is 0 Å². The number of thiazole rings is 1. The van der Waals surface area contributed by atoms with Gasteiger partial charge in [-0.2, -0.15) is 0 Å². The van der Waals surface area contributed by atoms with Crippen LogP contribution in [0.5, 0.6) is 11.5 Å². The third-order valence-corrected chi connectivity index (χ3v) is 4.66. The Bertz CT molecular complexity index is 881. The molecule has 0 spiro atoms. The minimum Gasteiger partial charge on any atom is -0.497 e. The molecule has 0 radical (unpaired) electrons. The lowest BCUT2D eigenvalue weighted by atomic mass is 10.2. The smallest absolute Gasteiger partial charge is 0.226 e. The molecule has 0 aliphatic heterocycles. The summed E-state index contributed by atoms with van der Waals surface area (Å²) in [7, 11) is 3.19. The van der Waals surface area contributed by atoms with E-state index < -0.39 is 0 Å². The average molecular weight is 369 g/mol.